The van der Waals surface area contributed by atoms with E-state index in [-0.39, 0.29) is 0 Å². The molecule has 4 nitrogen and oxygen atoms in total. The number of hydrogen-bond acceptors (Lipinski definition) is 3. The van der Waals surface area contributed by atoms with Gasteiger partial charge in [-0.1, -0.05) is 116 Å². The number of hydrogen-bond donors (Lipinski definition) is 0. The van der Waals surface area contributed by atoms with E-state index in [0.29, 0.717) is 5.82 Å². The van der Waals surface area contributed by atoms with Crippen LogP contribution >= 0.6 is 0 Å². The average molecular weight is 491 g/mol. The van der Waals surface area contributed by atoms with Crippen LogP contribution in [-0.2, 0) is 0 Å². The second-order valence-electron chi connectivity index (χ2n) is 8.96. The molecular weight excluding hydrogens is 464 g/mol. The van der Waals surface area contributed by atoms with E-state index in [1.807, 2.05) is 90.3 Å². The van der Waals surface area contributed by atoms with E-state index in [4.69, 9.17) is 15.1 Å². The highest BCUT2D eigenvalue weighted by molar-refractivity contribution is 5.93. The smallest absolute Gasteiger partial charge is 0.160 e. The molecule has 0 atom stereocenters. The molecule has 0 unspecified atom stereocenters. The number of aromatic nitrogens is 4. The summed E-state index contributed by atoms with van der Waals surface area (Å²) in [6, 6.07) is 36.9. The lowest BCUT2D eigenvalue weighted by atomic mass is 10.0. The van der Waals surface area contributed by atoms with Gasteiger partial charge >= 0.3 is 0 Å². The number of rotatable bonds is 6. The summed E-state index contributed by atoms with van der Waals surface area (Å²) < 4.78 is 2.00. The van der Waals surface area contributed by atoms with Crippen LogP contribution in [-0.4, -0.2) is 19.6 Å². The minimum absolute atomic E-state index is 0.678. The molecule has 0 fully saturated rings. The summed E-state index contributed by atoms with van der Waals surface area (Å²) in [7, 11) is 0. The molecule has 0 aliphatic carbocycles. The van der Waals surface area contributed by atoms with Crippen LogP contribution in [0, 0.1) is 0 Å². The monoisotopic (exact) mass is 490 g/mol. The Labute approximate surface area is 222 Å². The molecule has 38 heavy (non-hydrogen) atoms. The minimum Gasteiger partial charge on any atom is -0.232 e. The third-order valence-electron chi connectivity index (χ3n) is 6.54. The molecule has 6 rings (SSSR count). The molecule has 0 aliphatic rings. The first-order chi connectivity index (χ1) is 18.8. The molecule has 0 N–H and O–H groups in total. The highest BCUT2D eigenvalue weighted by atomic mass is 15.2. The summed E-state index contributed by atoms with van der Waals surface area (Å²) in [5, 5.41) is 5.15. The predicted molar refractivity (Wildman–Crippen MR) is 157 cm³/mol. The van der Waals surface area contributed by atoms with Crippen LogP contribution in [0.1, 0.15) is 18.2 Å². The van der Waals surface area contributed by atoms with Gasteiger partial charge < -0.3 is 0 Å². The maximum atomic E-state index is 5.15. The number of allylic oxidation sites excluding steroid dienone is 1. The first-order valence-corrected chi connectivity index (χ1v) is 12.6. The fourth-order valence-corrected chi connectivity index (χ4v) is 4.74. The van der Waals surface area contributed by atoms with Gasteiger partial charge in [-0.2, -0.15) is 5.10 Å². The van der Waals surface area contributed by atoms with Crippen LogP contribution in [0.2, 0.25) is 0 Å². The van der Waals surface area contributed by atoms with Crippen LogP contribution < -0.4 is 0 Å². The van der Waals surface area contributed by atoms with Crippen LogP contribution in [0.25, 0.3) is 62.8 Å². The Morgan fingerprint density at radius 3 is 1.92 bits per heavy atom. The van der Waals surface area contributed by atoms with Crippen LogP contribution in [0.4, 0.5) is 0 Å². The van der Waals surface area contributed by atoms with Gasteiger partial charge in [0.05, 0.1) is 28.2 Å². The van der Waals surface area contributed by atoms with Gasteiger partial charge in [0.25, 0.3) is 0 Å². The SMILES string of the molecule is C=Cc1ccc2c(-c3cc(-c4ccccc4)nc(-c4ccccc4)n3)c(-c3ccccc3)nn2c1/C=C\C. The lowest BCUT2D eigenvalue weighted by Crippen LogP contribution is -1.97. The zero-order valence-corrected chi connectivity index (χ0v) is 21.1. The Balaban J connectivity index is 1.71. The first-order valence-electron chi connectivity index (χ1n) is 12.6. The van der Waals surface area contributed by atoms with E-state index in [1.54, 1.807) is 0 Å². The summed E-state index contributed by atoms with van der Waals surface area (Å²) in [6.07, 6.45) is 5.96. The Hall–Kier alpha value is -5.09. The molecule has 182 valence electrons. The molecule has 0 spiro atoms. The second-order valence-corrected chi connectivity index (χ2v) is 8.96. The van der Waals surface area contributed by atoms with Crippen molar-refractivity contribution in [2.24, 2.45) is 0 Å². The Bertz CT molecular complexity index is 1710. The summed E-state index contributed by atoms with van der Waals surface area (Å²) in [6.45, 7) is 6.03. The van der Waals surface area contributed by atoms with Crippen molar-refractivity contribution < 1.29 is 0 Å². The van der Waals surface area contributed by atoms with Gasteiger partial charge in [-0.3, -0.25) is 0 Å². The number of fused-ring (bicyclic) bond motifs is 1. The lowest BCUT2D eigenvalue weighted by molar-refractivity contribution is 0.949. The lowest BCUT2D eigenvalue weighted by Gasteiger charge is -2.10. The Morgan fingerprint density at radius 1 is 0.684 bits per heavy atom. The Morgan fingerprint density at radius 2 is 1.29 bits per heavy atom. The van der Waals surface area contributed by atoms with E-state index >= 15 is 0 Å². The molecule has 0 amide bonds. The highest BCUT2D eigenvalue weighted by Crippen LogP contribution is 2.37. The maximum absolute atomic E-state index is 5.15. The van der Waals surface area contributed by atoms with E-state index in [1.165, 1.54) is 0 Å². The fraction of sp³-hybridized carbons (Fsp3) is 0.0294. The molecule has 0 radical (unpaired) electrons. The zero-order valence-electron chi connectivity index (χ0n) is 21.1. The van der Waals surface area contributed by atoms with Gasteiger partial charge in [0, 0.05) is 16.7 Å². The molecule has 3 aromatic carbocycles. The minimum atomic E-state index is 0.678. The molecule has 0 bridgehead atoms. The van der Waals surface area contributed by atoms with Crippen molar-refractivity contribution in [2.75, 3.05) is 0 Å². The van der Waals surface area contributed by atoms with Gasteiger partial charge in [-0.25, -0.2) is 14.5 Å². The van der Waals surface area contributed by atoms with Gasteiger partial charge in [0.2, 0.25) is 0 Å². The largest absolute Gasteiger partial charge is 0.232 e. The standard InChI is InChI=1S/C34H26N4/c1-3-14-30-24(4-2)21-22-31-32(33(37-38(30)31)26-17-10-6-11-18-26)29-23-28(25-15-8-5-9-16-25)35-34(36-29)27-19-12-7-13-20-27/h3-23H,2H2,1H3/b14-3-. The fourth-order valence-electron chi connectivity index (χ4n) is 4.74. The normalized spacial score (nSPS) is 11.3. The van der Waals surface area contributed by atoms with E-state index in [9.17, 15) is 0 Å². The summed E-state index contributed by atoms with van der Waals surface area (Å²) in [5.74, 6) is 0.678. The third-order valence-corrected chi connectivity index (χ3v) is 6.54. The number of nitrogens with zero attached hydrogens (tertiary/aromatic N) is 4. The summed E-state index contributed by atoms with van der Waals surface area (Å²) >= 11 is 0. The van der Waals surface area contributed by atoms with Crippen molar-refractivity contribution >= 4 is 17.7 Å². The van der Waals surface area contributed by atoms with Crippen molar-refractivity contribution in [3.05, 3.63) is 133 Å². The van der Waals surface area contributed by atoms with Crippen molar-refractivity contribution in [3.63, 3.8) is 0 Å². The molecule has 3 aromatic heterocycles. The second kappa shape index (κ2) is 10.1. The quantitative estimate of drug-likeness (QED) is 0.235. The Kier molecular flexibility index (Phi) is 6.20. The summed E-state index contributed by atoms with van der Waals surface area (Å²) in [5.41, 5.74) is 9.52. The topological polar surface area (TPSA) is 43.1 Å². The van der Waals surface area contributed by atoms with Crippen LogP contribution in [0.5, 0.6) is 0 Å². The van der Waals surface area contributed by atoms with Gasteiger partial charge in [0.1, 0.15) is 5.69 Å². The third kappa shape index (κ3) is 4.22. The number of pyridine rings is 1. The van der Waals surface area contributed by atoms with Crippen LogP contribution in [0.15, 0.2) is 122 Å². The van der Waals surface area contributed by atoms with Crippen molar-refractivity contribution in [1.82, 2.24) is 19.6 Å². The van der Waals surface area contributed by atoms with Gasteiger partial charge in [-0.05, 0) is 30.7 Å². The van der Waals surface area contributed by atoms with E-state index in [0.717, 1.165) is 56.1 Å². The summed E-state index contributed by atoms with van der Waals surface area (Å²) in [4.78, 5) is 10.1. The molecule has 6 aromatic rings. The average Bonchev–Trinajstić information content (AvgIpc) is 3.39. The van der Waals surface area contributed by atoms with Gasteiger partial charge in [-0.15, -0.1) is 0 Å². The molecule has 0 aliphatic heterocycles. The predicted octanol–water partition coefficient (Wildman–Crippen LogP) is 8.47. The maximum Gasteiger partial charge on any atom is 0.160 e. The molecule has 4 heteroatoms. The van der Waals surface area contributed by atoms with E-state index < -0.39 is 0 Å². The van der Waals surface area contributed by atoms with Crippen molar-refractivity contribution in [3.8, 4) is 45.2 Å². The first kappa shape index (κ1) is 23.3. The molecule has 0 saturated carbocycles. The molecule has 3 heterocycles. The van der Waals surface area contributed by atoms with Crippen molar-refractivity contribution in [2.45, 2.75) is 6.92 Å². The molecular formula is C34H26N4. The van der Waals surface area contributed by atoms with Crippen LogP contribution in [0.3, 0.4) is 0 Å². The zero-order chi connectivity index (χ0) is 25.9. The van der Waals surface area contributed by atoms with Crippen molar-refractivity contribution in [1.29, 1.82) is 0 Å². The van der Waals surface area contributed by atoms with Gasteiger partial charge in [0.15, 0.2) is 5.82 Å². The van der Waals surface area contributed by atoms with E-state index in [2.05, 4.69) is 55.1 Å². The highest BCUT2D eigenvalue weighted by Gasteiger charge is 2.21. The molecule has 0 saturated heterocycles. The number of benzene rings is 3.